The van der Waals surface area contributed by atoms with Gasteiger partial charge in [-0.1, -0.05) is 29.8 Å². The second kappa shape index (κ2) is 6.35. The highest BCUT2D eigenvalue weighted by Gasteiger charge is 2.26. The minimum absolute atomic E-state index is 0.0667. The maximum atomic E-state index is 12.8. The van der Waals surface area contributed by atoms with Gasteiger partial charge in [0.15, 0.2) is 0 Å². The number of amides is 1. The quantitative estimate of drug-likeness (QED) is 0.633. The van der Waals surface area contributed by atoms with Gasteiger partial charge in [-0.2, -0.15) is 0 Å². The van der Waals surface area contributed by atoms with Crippen LogP contribution in [-0.2, 0) is 0 Å². The van der Waals surface area contributed by atoms with Gasteiger partial charge in [-0.3, -0.25) is 9.78 Å². The molecular weight excluding hydrogens is 412 g/mol. The smallest absolute Gasteiger partial charge is 0.263 e. The molecule has 0 saturated heterocycles. The molecule has 0 fully saturated rings. The molecule has 7 heteroatoms. The molecule has 1 N–H and O–H groups in total. The first kappa shape index (κ1) is 15.9. The summed E-state index contributed by atoms with van der Waals surface area (Å²) in [5.41, 5.74) is 1.72. The monoisotopic (exact) mass is 422 g/mol. The van der Waals surface area contributed by atoms with Gasteiger partial charge in [0, 0.05) is 18.2 Å². The van der Waals surface area contributed by atoms with E-state index in [0.717, 1.165) is 22.4 Å². The van der Waals surface area contributed by atoms with Crippen molar-refractivity contribution in [3.63, 3.8) is 0 Å². The minimum atomic E-state index is -0.136. The first-order chi connectivity index (χ1) is 11.6. The first-order valence-electron chi connectivity index (χ1n) is 7.40. The van der Waals surface area contributed by atoms with Crippen LogP contribution in [0.1, 0.15) is 27.7 Å². The highest BCUT2D eigenvalue weighted by Crippen LogP contribution is 2.39. The fourth-order valence-electron chi connectivity index (χ4n) is 2.79. The van der Waals surface area contributed by atoms with Gasteiger partial charge in [0.05, 0.1) is 32.4 Å². The third-order valence-corrected chi connectivity index (χ3v) is 6.61. The van der Waals surface area contributed by atoms with Gasteiger partial charge in [0.25, 0.3) is 5.91 Å². The summed E-state index contributed by atoms with van der Waals surface area (Å²) in [6.07, 6.45) is 2.38. The number of ether oxygens (including phenoxy) is 1. The van der Waals surface area contributed by atoms with Crippen LogP contribution >= 0.6 is 38.9 Å². The van der Waals surface area contributed by atoms with Crippen molar-refractivity contribution in [2.45, 2.75) is 12.5 Å². The molecule has 0 bridgehead atoms. The Morgan fingerprint density at radius 3 is 3.04 bits per heavy atom. The molecule has 0 unspecified atom stereocenters. The van der Waals surface area contributed by atoms with E-state index in [2.05, 4.69) is 26.2 Å². The van der Waals surface area contributed by atoms with Gasteiger partial charge >= 0.3 is 0 Å². The number of nitrogens with zero attached hydrogens (tertiary/aromatic N) is 1. The molecule has 24 heavy (non-hydrogen) atoms. The van der Waals surface area contributed by atoms with E-state index < -0.39 is 0 Å². The second-order valence-corrected chi connectivity index (χ2v) is 7.64. The Bertz CT molecular complexity index is 943. The molecule has 1 amide bonds. The number of carbonyl (C=O) groups is 1. The molecule has 122 valence electrons. The van der Waals surface area contributed by atoms with Crippen molar-refractivity contribution in [1.29, 1.82) is 0 Å². The van der Waals surface area contributed by atoms with Gasteiger partial charge in [-0.25, -0.2) is 0 Å². The van der Waals surface area contributed by atoms with E-state index in [9.17, 15) is 4.79 Å². The Kier molecular flexibility index (Phi) is 4.20. The summed E-state index contributed by atoms with van der Waals surface area (Å²) in [5, 5.41) is 3.70. The fraction of sp³-hybridized carbons (Fsp3) is 0.176. The topological polar surface area (TPSA) is 51.2 Å². The highest BCUT2D eigenvalue weighted by atomic mass is 79.9. The molecule has 3 aromatic rings. The molecule has 1 aromatic carbocycles. The second-order valence-electron chi connectivity index (χ2n) is 5.42. The van der Waals surface area contributed by atoms with Crippen molar-refractivity contribution < 1.29 is 9.53 Å². The van der Waals surface area contributed by atoms with Crippen LogP contribution in [-0.4, -0.2) is 17.5 Å². The molecule has 2 aromatic heterocycles. The number of hydrogen-bond acceptors (Lipinski definition) is 4. The third kappa shape index (κ3) is 2.68. The summed E-state index contributed by atoms with van der Waals surface area (Å²) >= 11 is 11.0. The van der Waals surface area contributed by atoms with Crippen molar-refractivity contribution in [2.24, 2.45) is 0 Å². The summed E-state index contributed by atoms with van der Waals surface area (Å²) in [4.78, 5) is 17.7. The van der Waals surface area contributed by atoms with E-state index in [4.69, 9.17) is 16.3 Å². The number of thiophene rings is 1. The van der Waals surface area contributed by atoms with Crippen LogP contribution in [0.4, 0.5) is 0 Å². The van der Waals surface area contributed by atoms with Crippen LogP contribution in [0.5, 0.6) is 5.75 Å². The molecule has 3 heterocycles. The number of para-hydroxylation sites is 1. The minimum Gasteiger partial charge on any atom is -0.493 e. The Hall–Kier alpha value is -1.63. The maximum absolute atomic E-state index is 12.8. The van der Waals surface area contributed by atoms with Crippen LogP contribution in [0.15, 0.2) is 41.0 Å². The van der Waals surface area contributed by atoms with Crippen molar-refractivity contribution in [3.8, 4) is 5.75 Å². The number of pyridine rings is 1. The summed E-state index contributed by atoms with van der Waals surface area (Å²) in [6.45, 7) is 0.586. The lowest BCUT2D eigenvalue weighted by atomic mass is 10.0. The molecule has 0 aliphatic carbocycles. The maximum Gasteiger partial charge on any atom is 0.263 e. The van der Waals surface area contributed by atoms with Crippen molar-refractivity contribution in [1.82, 2.24) is 10.3 Å². The standard InChI is InChI=1S/C17H12BrClN2O2S/c18-13-14-15(10(19)5-7-20-14)24-16(13)17(22)21-11-6-8-23-12-4-2-1-3-9(11)12/h1-5,7,11H,6,8H2,(H,21,22)/t11-/m0/s1. The number of fused-ring (bicyclic) bond motifs is 2. The number of nitrogens with one attached hydrogen (secondary N) is 1. The number of halogens is 2. The van der Waals surface area contributed by atoms with Crippen LogP contribution < -0.4 is 10.1 Å². The lowest BCUT2D eigenvalue weighted by Gasteiger charge is -2.26. The number of rotatable bonds is 2. The lowest BCUT2D eigenvalue weighted by Crippen LogP contribution is -2.31. The first-order valence-corrected chi connectivity index (χ1v) is 9.39. The summed E-state index contributed by atoms with van der Waals surface area (Å²) in [5.74, 6) is 0.691. The Balaban J connectivity index is 1.66. The summed E-state index contributed by atoms with van der Waals surface area (Å²) < 4.78 is 7.14. The van der Waals surface area contributed by atoms with E-state index in [1.807, 2.05) is 24.3 Å². The van der Waals surface area contributed by atoms with Crippen molar-refractivity contribution in [2.75, 3.05) is 6.61 Å². The summed E-state index contributed by atoms with van der Waals surface area (Å²) in [7, 11) is 0. The average molecular weight is 424 g/mol. The number of hydrogen-bond donors (Lipinski definition) is 1. The van der Waals surface area contributed by atoms with Gasteiger partial charge < -0.3 is 10.1 Å². The number of benzene rings is 1. The molecule has 0 spiro atoms. The molecule has 1 aliphatic rings. The molecule has 0 saturated carbocycles. The van der Waals surface area contributed by atoms with E-state index >= 15 is 0 Å². The Morgan fingerprint density at radius 1 is 1.38 bits per heavy atom. The molecule has 4 nitrogen and oxygen atoms in total. The third-order valence-electron chi connectivity index (χ3n) is 3.94. The fourth-order valence-corrected chi connectivity index (χ4v) is 4.87. The summed E-state index contributed by atoms with van der Waals surface area (Å²) in [6, 6.07) is 9.45. The number of carbonyl (C=O) groups excluding carboxylic acids is 1. The zero-order valence-corrected chi connectivity index (χ0v) is 15.5. The van der Waals surface area contributed by atoms with Crippen LogP contribution in [0.25, 0.3) is 10.2 Å². The van der Waals surface area contributed by atoms with Crippen LogP contribution in [0, 0.1) is 0 Å². The van der Waals surface area contributed by atoms with E-state index in [0.29, 0.717) is 26.5 Å². The van der Waals surface area contributed by atoms with E-state index in [1.54, 1.807) is 12.3 Å². The highest BCUT2D eigenvalue weighted by molar-refractivity contribution is 9.10. The van der Waals surface area contributed by atoms with Crippen LogP contribution in [0.2, 0.25) is 5.02 Å². The molecule has 1 aliphatic heterocycles. The van der Waals surface area contributed by atoms with Gasteiger partial charge in [-0.05, 0) is 28.1 Å². The lowest BCUT2D eigenvalue weighted by molar-refractivity contribution is 0.0928. The van der Waals surface area contributed by atoms with Crippen LogP contribution in [0.3, 0.4) is 0 Å². The van der Waals surface area contributed by atoms with Gasteiger partial charge in [-0.15, -0.1) is 11.3 Å². The SMILES string of the molecule is O=C(N[C@H]1CCOc2ccccc21)c1sc2c(Cl)ccnc2c1Br. The van der Waals surface area contributed by atoms with Gasteiger partial charge in [0.2, 0.25) is 0 Å². The largest absolute Gasteiger partial charge is 0.493 e. The predicted molar refractivity (Wildman–Crippen MR) is 99.1 cm³/mol. The molecule has 0 radical (unpaired) electrons. The van der Waals surface area contributed by atoms with Gasteiger partial charge in [0.1, 0.15) is 10.6 Å². The Morgan fingerprint density at radius 2 is 2.21 bits per heavy atom. The molecule has 1 atom stereocenters. The van der Waals surface area contributed by atoms with E-state index in [1.165, 1.54) is 11.3 Å². The van der Waals surface area contributed by atoms with Crippen molar-refractivity contribution >= 4 is 55.0 Å². The number of aromatic nitrogens is 1. The average Bonchev–Trinajstić information content (AvgIpc) is 2.94. The Labute approximate surface area is 155 Å². The zero-order chi connectivity index (χ0) is 16.7. The van der Waals surface area contributed by atoms with Crippen molar-refractivity contribution in [3.05, 3.63) is 56.5 Å². The molecular formula is C17H12BrClN2O2S. The molecule has 4 rings (SSSR count). The predicted octanol–water partition coefficient (Wildman–Crippen LogP) is 4.97. The normalized spacial score (nSPS) is 16.5. The van der Waals surface area contributed by atoms with E-state index in [-0.39, 0.29) is 11.9 Å². The zero-order valence-electron chi connectivity index (χ0n) is 12.4.